The molecule has 0 aromatic carbocycles. The first-order chi connectivity index (χ1) is 4.95. The zero-order chi connectivity index (χ0) is 9.07. The molecule has 0 rings (SSSR count). The molecule has 2 heteroatoms. The van der Waals surface area contributed by atoms with E-state index in [1.165, 1.54) is 0 Å². The zero-order valence-electron chi connectivity index (χ0n) is 8.00. The van der Waals surface area contributed by atoms with Gasteiger partial charge in [0.2, 0.25) is 0 Å². The van der Waals surface area contributed by atoms with Crippen LogP contribution in [0.1, 0.15) is 20.8 Å². The summed E-state index contributed by atoms with van der Waals surface area (Å²) in [5.74, 6) is -0.111. The fraction of sp³-hybridized carbons (Fsp3) is 0.500. The molecule has 1 nitrogen and oxygen atoms in total. The van der Waals surface area contributed by atoms with E-state index in [9.17, 15) is 4.79 Å². The van der Waals surface area contributed by atoms with Crippen LogP contribution in [0.15, 0.2) is 24.8 Å². The summed E-state index contributed by atoms with van der Waals surface area (Å²) in [5, 5.41) is 0. The minimum Gasteiger partial charge on any atom is -0.303 e. The van der Waals surface area contributed by atoms with Gasteiger partial charge in [-0.15, -0.1) is 6.58 Å². The number of rotatable bonds is 4. The Balaban J connectivity index is 0. The van der Waals surface area contributed by atoms with E-state index in [0.717, 1.165) is 11.9 Å². The molecule has 0 aromatic heterocycles. The molecule has 1 radical (unpaired) electrons. The molecular formula is C10H16OV. The van der Waals surface area contributed by atoms with Gasteiger partial charge >= 0.3 is 0 Å². The number of carbonyl (C=O) groups excluding carboxylic acids is 1. The second-order valence-electron chi connectivity index (χ2n) is 3.49. The van der Waals surface area contributed by atoms with Gasteiger partial charge in [-0.05, 0) is 12.3 Å². The van der Waals surface area contributed by atoms with E-state index >= 15 is 0 Å². The van der Waals surface area contributed by atoms with E-state index in [-0.39, 0.29) is 29.9 Å². The molecule has 0 aliphatic carbocycles. The third-order valence-corrected chi connectivity index (χ3v) is 1.99. The average Bonchev–Trinajstić information content (AvgIpc) is 1.88. The summed E-state index contributed by atoms with van der Waals surface area (Å²) in [5.41, 5.74) is 0.720. The molecule has 67 valence electrons. The van der Waals surface area contributed by atoms with E-state index in [0.29, 0.717) is 0 Å². The molecule has 1 unspecified atom stereocenters. The summed E-state index contributed by atoms with van der Waals surface area (Å²) in [6, 6.07) is 0. The Labute approximate surface area is 86.8 Å². The van der Waals surface area contributed by atoms with Crippen LogP contribution in [0.4, 0.5) is 0 Å². The van der Waals surface area contributed by atoms with Gasteiger partial charge in [-0.3, -0.25) is 0 Å². The van der Waals surface area contributed by atoms with Crippen molar-refractivity contribution in [2.45, 2.75) is 20.8 Å². The van der Waals surface area contributed by atoms with Gasteiger partial charge in [0.25, 0.3) is 0 Å². The second kappa shape index (κ2) is 5.39. The van der Waals surface area contributed by atoms with E-state index in [2.05, 4.69) is 13.2 Å². The van der Waals surface area contributed by atoms with Gasteiger partial charge in [0.05, 0.1) is 0 Å². The molecule has 0 amide bonds. The van der Waals surface area contributed by atoms with Crippen molar-refractivity contribution >= 4 is 6.29 Å². The molecule has 0 heterocycles. The van der Waals surface area contributed by atoms with Gasteiger partial charge in [0.1, 0.15) is 6.29 Å². The Morgan fingerprint density at radius 2 is 1.92 bits per heavy atom. The third kappa shape index (κ3) is 3.42. The van der Waals surface area contributed by atoms with Crippen LogP contribution in [-0.2, 0) is 23.4 Å². The first kappa shape index (κ1) is 14.3. The van der Waals surface area contributed by atoms with Gasteiger partial charge < -0.3 is 4.79 Å². The number of hydrogen-bond acceptors (Lipinski definition) is 1. The van der Waals surface area contributed by atoms with E-state index in [4.69, 9.17) is 0 Å². The first-order valence-corrected chi connectivity index (χ1v) is 3.70. The van der Waals surface area contributed by atoms with Crippen LogP contribution in [0.3, 0.4) is 0 Å². The van der Waals surface area contributed by atoms with E-state index < -0.39 is 0 Å². The normalized spacial score (nSPS) is 12.6. The van der Waals surface area contributed by atoms with Crippen LogP contribution in [0.2, 0.25) is 0 Å². The SMILES string of the molecule is C=CC(C)(C)C(C=O)C(=C)C.[V]. The Hall–Kier alpha value is -0.266. The average molecular weight is 203 g/mol. The van der Waals surface area contributed by atoms with E-state index in [1.807, 2.05) is 20.8 Å². The van der Waals surface area contributed by atoms with Crippen LogP contribution in [0.25, 0.3) is 0 Å². The van der Waals surface area contributed by atoms with Gasteiger partial charge in [-0.1, -0.05) is 32.1 Å². The molecular weight excluding hydrogens is 187 g/mol. The number of carbonyl (C=O) groups is 1. The van der Waals surface area contributed by atoms with Crippen LogP contribution in [0.5, 0.6) is 0 Å². The minimum absolute atomic E-state index is 0. The quantitative estimate of drug-likeness (QED) is 0.507. The van der Waals surface area contributed by atoms with Gasteiger partial charge in [0, 0.05) is 24.5 Å². The van der Waals surface area contributed by atoms with Crippen molar-refractivity contribution in [3.05, 3.63) is 24.8 Å². The Bertz CT molecular complexity index is 182. The van der Waals surface area contributed by atoms with Crippen molar-refractivity contribution in [2.75, 3.05) is 0 Å². The topological polar surface area (TPSA) is 17.1 Å². The summed E-state index contributed by atoms with van der Waals surface area (Å²) < 4.78 is 0. The monoisotopic (exact) mass is 203 g/mol. The third-order valence-electron chi connectivity index (χ3n) is 1.99. The van der Waals surface area contributed by atoms with Gasteiger partial charge in [-0.2, -0.15) is 0 Å². The molecule has 0 spiro atoms. The van der Waals surface area contributed by atoms with Crippen LogP contribution in [0, 0.1) is 11.3 Å². The zero-order valence-corrected chi connectivity index (χ0v) is 9.40. The molecule has 1 atom stereocenters. The predicted molar refractivity (Wildman–Crippen MR) is 48.3 cm³/mol. The Morgan fingerprint density at radius 3 is 2.00 bits per heavy atom. The predicted octanol–water partition coefficient (Wildman–Crippen LogP) is 2.59. The molecule has 0 aliphatic heterocycles. The molecule has 0 bridgehead atoms. The smallest absolute Gasteiger partial charge is 0.127 e. The second-order valence-corrected chi connectivity index (χ2v) is 3.49. The van der Waals surface area contributed by atoms with Crippen molar-refractivity contribution in [1.29, 1.82) is 0 Å². The van der Waals surface area contributed by atoms with Gasteiger partial charge in [0.15, 0.2) is 0 Å². The van der Waals surface area contributed by atoms with Gasteiger partial charge in [-0.25, -0.2) is 0 Å². The van der Waals surface area contributed by atoms with E-state index in [1.54, 1.807) is 6.08 Å². The molecule has 12 heavy (non-hydrogen) atoms. The summed E-state index contributed by atoms with van der Waals surface area (Å²) in [7, 11) is 0. The molecule has 0 saturated heterocycles. The number of hydrogen-bond donors (Lipinski definition) is 0. The first-order valence-electron chi connectivity index (χ1n) is 3.70. The maximum absolute atomic E-state index is 10.6. The molecule has 0 saturated carbocycles. The Morgan fingerprint density at radius 1 is 1.50 bits per heavy atom. The molecule has 0 aliphatic rings. The summed E-state index contributed by atoms with van der Waals surface area (Å²) >= 11 is 0. The molecule has 0 aromatic rings. The number of aldehydes is 1. The maximum Gasteiger partial charge on any atom is 0.127 e. The number of allylic oxidation sites excluding steroid dienone is 2. The van der Waals surface area contributed by atoms with Crippen molar-refractivity contribution in [3.8, 4) is 0 Å². The largest absolute Gasteiger partial charge is 0.303 e. The van der Waals surface area contributed by atoms with Crippen LogP contribution >= 0.6 is 0 Å². The van der Waals surface area contributed by atoms with Crippen molar-refractivity contribution in [1.82, 2.24) is 0 Å². The molecule has 0 N–H and O–H groups in total. The standard InChI is InChI=1S/C10H16O.V/c1-6-10(4,5)9(7-11)8(2)3;/h6-7,9H,1-2H2,3-5H3;. The summed E-state index contributed by atoms with van der Waals surface area (Å²) in [6.45, 7) is 13.3. The fourth-order valence-electron chi connectivity index (χ4n) is 1.05. The van der Waals surface area contributed by atoms with Crippen LogP contribution in [-0.4, -0.2) is 6.29 Å². The maximum atomic E-state index is 10.6. The summed E-state index contributed by atoms with van der Waals surface area (Å²) in [6.07, 6.45) is 2.73. The molecule has 0 fully saturated rings. The van der Waals surface area contributed by atoms with Crippen LogP contribution < -0.4 is 0 Å². The van der Waals surface area contributed by atoms with Crippen molar-refractivity contribution in [3.63, 3.8) is 0 Å². The summed E-state index contributed by atoms with van der Waals surface area (Å²) in [4.78, 5) is 10.6. The van der Waals surface area contributed by atoms with Crippen molar-refractivity contribution < 1.29 is 23.4 Å². The Kier molecular flexibility index (Phi) is 6.41. The minimum atomic E-state index is -0.173. The fourth-order valence-corrected chi connectivity index (χ4v) is 1.05. The van der Waals surface area contributed by atoms with Crippen molar-refractivity contribution in [2.24, 2.45) is 11.3 Å².